The van der Waals surface area contributed by atoms with E-state index in [1.807, 2.05) is 0 Å². The molecule has 0 radical (unpaired) electrons. The molecule has 0 saturated carbocycles. The van der Waals surface area contributed by atoms with Gasteiger partial charge in [0.15, 0.2) is 0 Å². The van der Waals surface area contributed by atoms with Gasteiger partial charge in [-0.25, -0.2) is 0 Å². The Labute approximate surface area is 115 Å². The molecule has 1 atom stereocenters. The minimum absolute atomic E-state index is 0.404. The first-order valence-electron chi connectivity index (χ1n) is 6.78. The van der Waals surface area contributed by atoms with Gasteiger partial charge in [0.2, 0.25) is 0 Å². The lowest BCUT2D eigenvalue weighted by molar-refractivity contribution is 0.0510. The predicted octanol–water partition coefficient (Wildman–Crippen LogP) is 2.69. The monoisotopic (exact) mass is 270 g/mol. The minimum atomic E-state index is 0.404. The Morgan fingerprint density at radius 3 is 2.67 bits per heavy atom. The van der Waals surface area contributed by atoms with Crippen LogP contribution in [-0.4, -0.2) is 37.2 Å². The summed E-state index contributed by atoms with van der Waals surface area (Å²) in [5.74, 6) is 0.534. The topological polar surface area (TPSA) is 24.5 Å². The number of hydrogen-bond donors (Lipinski definition) is 1. The van der Waals surface area contributed by atoms with Crippen LogP contribution in [0.25, 0.3) is 0 Å². The van der Waals surface area contributed by atoms with E-state index in [0.717, 1.165) is 43.5 Å². The van der Waals surface area contributed by atoms with Crippen LogP contribution in [0.2, 0.25) is 0 Å². The molecule has 3 nitrogen and oxygen atoms in total. The first-order valence-corrected chi connectivity index (χ1v) is 7.15. The molecule has 1 unspecified atom stereocenters. The Balaban J connectivity index is 2.18. The molecule has 0 spiro atoms. The Hall–Kier alpha value is -0.670. The van der Waals surface area contributed by atoms with Gasteiger partial charge in [-0.15, -0.1) is 0 Å². The quantitative estimate of drug-likeness (QED) is 0.853. The molecular weight excluding hydrogens is 248 g/mol. The number of nitrogens with one attached hydrogen (secondary N) is 1. The maximum Gasteiger partial charge on any atom is 0.0825 e. The van der Waals surface area contributed by atoms with Crippen molar-refractivity contribution in [2.75, 3.05) is 26.3 Å². The number of hydrogen-bond acceptors (Lipinski definition) is 3. The van der Waals surface area contributed by atoms with Crippen molar-refractivity contribution in [3.05, 3.63) is 22.5 Å². The van der Waals surface area contributed by atoms with Crippen LogP contribution in [0.4, 0.5) is 0 Å². The third-order valence-electron chi connectivity index (χ3n) is 3.29. The van der Waals surface area contributed by atoms with Gasteiger partial charge in [-0.3, -0.25) is 0 Å². The summed E-state index contributed by atoms with van der Waals surface area (Å²) in [6.45, 7) is 10.0. The van der Waals surface area contributed by atoms with E-state index in [4.69, 9.17) is 16.3 Å². The summed E-state index contributed by atoms with van der Waals surface area (Å²) in [7, 11) is 0. The fraction of sp³-hybridized carbons (Fsp3) is 0.714. The van der Waals surface area contributed by atoms with Crippen molar-refractivity contribution in [1.82, 2.24) is 10.2 Å². The largest absolute Gasteiger partial charge is 0.382 e. The second kappa shape index (κ2) is 5.98. The van der Waals surface area contributed by atoms with Gasteiger partial charge in [0.05, 0.1) is 23.9 Å². The molecular formula is C14H23ClN2O. The van der Waals surface area contributed by atoms with Gasteiger partial charge in [-0.2, -0.15) is 0 Å². The maximum atomic E-state index is 6.56. The SMILES string of the molecule is CC1C=C(NC(C)C)C(Cl)=C(N2CCOCC2)C1. The van der Waals surface area contributed by atoms with Crippen molar-refractivity contribution in [3.63, 3.8) is 0 Å². The van der Waals surface area contributed by atoms with Crippen molar-refractivity contribution < 1.29 is 4.74 Å². The Bertz CT molecular complexity index is 357. The van der Waals surface area contributed by atoms with Crippen LogP contribution >= 0.6 is 11.6 Å². The smallest absolute Gasteiger partial charge is 0.0825 e. The lowest BCUT2D eigenvalue weighted by Crippen LogP contribution is -2.38. The van der Waals surface area contributed by atoms with Gasteiger partial charge in [-0.05, 0) is 26.2 Å². The van der Waals surface area contributed by atoms with E-state index in [9.17, 15) is 0 Å². The Morgan fingerprint density at radius 1 is 1.39 bits per heavy atom. The summed E-state index contributed by atoms with van der Waals surface area (Å²) in [5.41, 5.74) is 2.37. The molecule has 4 heteroatoms. The second-order valence-electron chi connectivity index (χ2n) is 5.42. The number of rotatable bonds is 3. The van der Waals surface area contributed by atoms with Crippen LogP contribution in [0, 0.1) is 5.92 Å². The molecule has 0 aromatic rings. The summed E-state index contributed by atoms with van der Waals surface area (Å²) in [6.07, 6.45) is 3.27. The van der Waals surface area contributed by atoms with Crippen molar-refractivity contribution in [3.8, 4) is 0 Å². The highest BCUT2D eigenvalue weighted by Crippen LogP contribution is 2.32. The van der Waals surface area contributed by atoms with E-state index in [2.05, 4.69) is 37.1 Å². The average Bonchev–Trinajstić information content (AvgIpc) is 2.34. The molecule has 0 amide bonds. The molecule has 0 aromatic carbocycles. The summed E-state index contributed by atoms with van der Waals surface area (Å²) in [5, 5.41) is 4.34. The number of ether oxygens (including phenoxy) is 1. The molecule has 18 heavy (non-hydrogen) atoms. The third kappa shape index (κ3) is 3.21. The van der Waals surface area contributed by atoms with E-state index in [0.29, 0.717) is 12.0 Å². The Kier molecular flexibility index (Phi) is 4.57. The molecule has 1 N–H and O–H groups in total. The lowest BCUT2D eigenvalue weighted by Gasteiger charge is -2.35. The normalized spacial score (nSPS) is 25.5. The van der Waals surface area contributed by atoms with E-state index in [-0.39, 0.29) is 0 Å². The van der Waals surface area contributed by atoms with Crippen LogP contribution in [0.15, 0.2) is 22.5 Å². The van der Waals surface area contributed by atoms with Crippen LogP contribution < -0.4 is 5.32 Å². The van der Waals surface area contributed by atoms with Gasteiger partial charge >= 0.3 is 0 Å². The highest BCUT2D eigenvalue weighted by Gasteiger charge is 2.24. The third-order valence-corrected chi connectivity index (χ3v) is 3.72. The summed E-state index contributed by atoms with van der Waals surface area (Å²) in [4.78, 5) is 2.37. The van der Waals surface area contributed by atoms with Gasteiger partial charge in [-0.1, -0.05) is 24.6 Å². The highest BCUT2D eigenvalue weighted by molar-refractivity contribution is 6.32. The zero-order valence-electron chi connectivity index (χ0n) is 11.5. The molecule has 2 aliphatic rings. The molecule has 1 aliphatic heterocycles. The molecule has 2 rings (SSSR count). The van der Waals surface area contributed by atoms with Crippen molar-refractivity contribution in [1.29, 1.82) is 0 Å². The zero-order valence-corrected chi connectivity index (χ0v) is 12.3. The summed E-state index contributed by atoms with van der Waals surface area (Å²) < 4.78 is 5.41. The van der Waals surface area contributed by atoms with Crippen LogP contribution in [0.3, 0.4) is 0 Å². The van der Waals surface area contributed by atoms with Crippen molar-refractivity contribution in [2.45, 2.75) is 33.2 Å². The van der Waals surface area contributed by atoms with Crippen LogP contribution in [-0.2, 0) is 4.74 Å². The highest BCUT2D eigenvalue weighted by atomic mass is 35.5. The Morgan fingerprint density at radius 2 is 2.06 bits per heavy atom. The maximum absolute atomic E-state index is 6.56. The molecule has 1 heterocycles. The lowest BCUT2D eigenvalue weighted by atomic mass is 9.96. The van der Waals surface area contributed by atoms with Crippen LogP contribution in [0.5, 0.6) is 0 Å². The molecule has 1 saturated heterocycles. The number of morpholine rings is 1. The number of allylic oxidation sites excluding steroid dienone is 3. The van der Waals surface area contributed by atoms with E-state index < -0.39 is 0 Å². The predicted molar refractivity (Wildman–Crippen MR) is 75.4 cm³/mol. The van der Waals surface area contributed by atoms with Crippen LogP contribution in [0.1, 0.15) is 27.2 Å². The second-order valence-corrected chi connectivity index (χ2v) is 5.80. The molecule has 0 bridgehead atoms. The standard InChI is InChI=1S/C14H23ClN2O/c1-10(2)16-12-8-11(3)9-13(14(12)15)17-4-6-18-7-5-17/h8,10-11,16H,4-7,9H2,1-3H3. The van der Waals surface area contributed by atoms with Gasteiger partial charge < -0.3 is 15.0 Å². The first kappa shape index (κ1) is 13.8. The van der Waals surface area contributed by atoms with E-state index >= 15 is 0 Å². The summed E-state index contributed by atoms with van der Waals surface area (Å²) in [6, 6.07) is 0.404. The fourth-order valence-corrected chi connectivity index (χ4v) is 2.80. The zero-order chi connectivity index (χ0) is 13.1. The van der Waals surface area contributed by atoms with Gasteiger partial charge in [0.25, 0.3) is 0 Å². The van der Waals surface area contributed by atoms with Crippen molar-refractivity contribution in [2.24, 2.45) is 5.92 Å². The minimum Gasteiger partial charge on any atom is -0.382 e. The van der Waals surface area contributed by atoms with Gasteiger partial charge in [0, 0.05) is 24.8 Å². The number of halogens is 1. The van der Waals surface area contributed by atoms with E-state index in [1.54, 1.807) is 0 Å². The molecule has 1 fully saturated rings. The molecule has 1 aliphatic carbocycles. The van der Waals surface area contributed by atoms with Crippen molar-refractivity contribution >= 4 is 11.6 Å². The van der Waals surface area contributed by atoms with Gasteiger partial charge in [0.1, 0.15) is 0 Å². The fourth-order valence-electron chi connectivity index (χ4n) is 2.49. The average molecular weight is 271 g/mol. The first-order chi connectivity index (χ1) is 8.58. The van der Waals surface area contributed by atoms with E-state index in [1.165, 1.54) is 5.70 Å². The number of nitrogens with zero attached hydrogens (tertiary/aromatic N) is 1. The molecule has 0 aromatic heterocycles. The molecule has 102 valence electrons. The summed E-state index contributed by atoms with van der Waals surface area (Å²) >= 11 is 6.56.